The van der Waals surface area contributed by atoms with Crippen molar-refractivity contribution in [3.05, 3.63) is 63.8 Å². The number of hydrogen-bond acceptors (Lipinski definition) is 6. The van der Waals surface area contributed by atoms with Crippen LogP contribution in [0.5, 0.6) is 0 Å². The van der Waals surface area contributed by atoms with Crippen LogP contribution in [0.1, 0.15) is 41.6 Å². The summed E-state index contributed by atoms with van der Waals surface area (Å²) in [7, 11) is 0. The van der Waals surface area contributed by atoms with E-state index < -0.39 is 17.6 Å². The highest BCUT2D eigenvalue weighted by atomic mass is 16.4. The van der Waals surface area contributed by atoms with Crippen molar-refractivity contribution in [2.45, 2.75) is 26.8 Å². The quantitative estimate of drug-likeness (QED) is 0.541. The van der Waals surface area contributed by atoms with Gasteiger partial charge in [-0.25, -0.2) is 4.79 Å². The first-order chi connectivity index (χ1) is 15.1. The minimum absolute atomic E-state index is 0.0279. The van der Waals surface area contributed by atoms with E-state index >= 15 is 0 Å². The highest BCUT2D eigenvalue weighted by molar-refractivity contribution is 5.93. The first kappa shape index (κ1) is 24.7. The molecule has 1 aromatic heterocycles. The van der Waals surface area contributed by atoms with Crippen LogP contribution in [0, 0.1) is 18.8 Å². The number of carbonyl (C=O) groups excluding carboxylic acids is 1. The zero-order valence-electron chi connectivity index (χ0n) is 18.2. The molecule has 172 valence electrons. The van der Waals surface area contributed by atoms with E-state index in [4.69, 9.17) is 19.8 Å². The fourth-order valence-electron chi connectivity index (χ4n) is 4.04. The molecule has 0 unspecified atom stereocenters. The molecule has 10 heteroatoms. The molecule has 0 spiro atoms. The first-order valence-electron chi connectivity index (χ1n) is 10.1. The molecular formula is C22H28N4O6. The number of amides is 1. The van der Waals surface area contributed by atoms with E-state index in [1.54, 1.807) is 13.0 Å². The molecule has 2 aliphatic heterocycles. The van der Waals surface area contributed by atoms with Crippen molar-refractivity contribution < 1.29 is 24.6 Å². The van der Waals surface area contributed by atoms with Crippen LogP contribution >= 0.6 is 0 Å². The Morgan fingerprint density at radius 2 is 1.66 bits per heavy atom. The molecule has 1 aromatic carbocycles. The van der Waals surface area contributed by atoms with Gasteiger partial charge in [0.1, 0.15) is 5.69 Å². The summed E-state index contributed by atoms with van der Waals surface area (Å²) in [5, 5.41) is 18.3. The van der Waals surface area contributed by atoms with Gasteiger partial charge in [0.2, 0.25) is 0 Å². The Morgan fingerprint density at radius 3 is 2.22 bits per heavy atom. The van der Waals surface area contributed by atoms with E-state index in [9.17, 15) is 9.59 Å². The van der Waals surface area contributed by atoms with E-state index in [-0.39, 0.29) is 17.6 Å². The molecule has 2 saturated heterocycles. The minimum Gasteiger partial charge on any atom is -0.481 e. The minimum atomic E-state index is -0.833. The van der Waals surface area contributed by atoms with Crippen LogP contribution in [0.2, 0.25) is 0 Å². The average molecular weight is 444 g/mol. The molecule has 1 amide bonds. The summed E-state index contributed by atoms with van der Waals surface area (Å²) >= 11 is 0. The Hall–Kier alpha value is -3.53. The summed E-state index contributed by atoms with van der Waals surface area (Å²) in [6.45, 7) is 6.47. The van der Waals surface area contributed by atoms with Crippen molar-refractivity contribution >= 4 is 17.8 Å². The van der Waals surface area contributed by atoms with Crippen LogP contribution in [-0.4, -0.2) is 62.6 Å². The summed E-state index contributed by atoms with van der Waals surface area (Å²) in [4.78, 5) is 51.1. The lowest BCUT2D eigenvalue weighted by Crippen LogP contribution is -2.36. The molecule has 4 rings (SSSR count). The fourth-order valence-corrected chi connectivity index (χ4v) is 4.04. The number of carbonyl (C=O) groups is 3. The van der Waals surface area contributed by atoms with Crippen molar-refractivity contribution in [3.63, 3.8) is 0 Å². The van der Waals surface area contributed by atoms with Crippen LogP contribution < -0.4 is 11.0 Å². The van der Waals surface area contributed by atoms with Crippen molar-refractivity contribution in [2.24, 2.45) is 11.8 Å². The van der Waals surface area contributed by atoms with Crippen molar-refractivity contribution in [1.82, 2.24) is 20.2 Å². The van der Waals surface area contributed by atoms with Gasteiger partial charge in [-0.15, -0.1) is 0 Å². The van der Waals surface area contributed by atoms with Gasteiger partial charge in [0, 0.05) is 45.1 Å². The second-order valence-corrected chi connectivity index (χ2v) is 7.69. The smallest absolute Gasteiger partial charge is 0.345 e. The number of likely N-dealkylation sites (tertiary alicyclic amines) is 1. The van der Waals surface area contributed by atoms with E-state index in [0.717, 1.165) is 32.5 Å². The summed E-state index contributed by atoms with van der Waals surface area (Å²) < 4.78 is 0. The molecule has 2 fully saturated rings. The number of rotatable bonds is 2. The number of H-pyrrole nitrogens is 1. The third-order valence-corrected chi connectivity index (χ3v) is 5.07. The van der Waals surface area contributed by atoms with Crippen LogP contribution in [0.25, 0.3) is 0 Å². The largest absolute Gasteiger partial charge is 0.481 e. The molecule has 10 nitrogen and oxygen atoms in total. The molecule has 2 aromatic rings. The maximum atomic E-state index is 13.1. The number of aromatic amines is 1. The topological polar surface area (TPSA) is 153 Å². The Balaban J connectivity index is 0.000000395. The first-order valence-corrected chi connectivity index (χ1v) is 10.1. The van der Waals surface area contributed by atoms with Crippen molar-refractivity contribution in [3.8, 4) is 0 Å². The average Bonchev–Trinajstić information content (AvgIpc) is 3.27. The van der Waals surface area contributed by atoms with Crippen molar-refractivity contribution in [2.75, 3.05) is 19.6 Å². The second-order valence-electron chi connectivity index (χ2n) is 7.69. The van der Waals surface area contributed by atoms with E-state index in [1.807, 2.05) is 23.1 Å². The number of carboxylic acids is 2. The number of fused-ring (bicyclic) bond motifs is 1. The van der Waals surface area contributed by atoms with Crippen LogP contribution in [0.15, 0.2) is 41.2 Å². The summed E-state index contributed by atoms with van der Waals surface area (Å²) in [5.41, 5.74) is 1.54. The second kappa shape index (κ2) is 11.2. The third-order valence-electron chi connectivity index (χ3n) is 5.07. The summed E-state index contributed by atoms with van der Waals surface area (Å²) in [6, 6.07) is 11.8. The zero-order chi connectivity index (χ0) is 23.8. The fraction of sp³-hybridized carbons (Fsp3) is 0.409. The predicted molar refractivity (Wildman–Crippen MR) is 116 cm³/mol. The third kappa shape index (κ3) is 6.74. The van der Waals surface area contributed by atoms with Crippen LogP contribution in [-0.2, 0) is 9.59 Å². The lowest BCUT2D eigenvalue weighted by Gasteiger charge is -2.28. The van der Waals surface area contributed by atoms with Crippen LogP contribution in [0.4, 0.5) is 0 Å². The maximum absolute atomic E-state index is 13.1. The number of carboxylic acid groups (broad SMARTS) is 2. The van der Waals surface area contributed by atoms with Gasteiger partial charge in [-0.2, -0.15) is 4.98 Å². The molecule has 0 bridgehead atoms. The SMILES string of the molecule is CC(=O)O.CC(=O)O.Cc1cc(C(=O)N2C[C@@H]3CNC[C@@H]3[C@H]2c2ccccc2)nc(=O)[nH]1. The molecule has 32 heavy (non-hydrogen) atoms. The Labute approximate surface area is 185 Å². The van der Waals surface area contributed by atoms with Gasteiger partial charge in [0.15, 0.2) is 0 Å². The molecule has 4 N–H and O–H groups in total. The molecule has 0 aliphatic carbocycles. The molecule has 0 radical (unpaired) electrons. The number of benzene rings is 1. The maximum Gasteiger partial charge on any atom is 0.345 e. The predicted octanol–water partition coefficient (Wildman–Crippen LogP) is 1.29. The van der Waals surface area contributed by atoms with Gasteiger partial charge in [-0.05, 0) is 24.5 Å². The standard InChI is InChI=1S/C18H20N4O2.2C2H4O2/c1-11-7-15(21-18(24)20-11)17(23)22-10-13-8-19-9-14(13)16(22)12-5-3-2-4-6-12;2*1-2(3)4/h2-7,13-14,16,19H,8-10H2,1H3,(H,20,21,24);2*1H3,(H,3,4)/t13-,14-,16+;;/m0../s1. The van der Waals surface area contributed by atoms with Gasteiger partial charge in [-0.1, -0.05) is 30.3 Å². The van der Waals surface area contributed by atoms with Crippen LogP contribution in [0.3, 0.4) is 0 Å². The molecule has 2 aliphatic rings. The van der Waals surface area contributed by atoms with Crippen molar-refractivity contribution in [1.29, 1.82) is 0 Å². The van der Waals surface area contributed by atoms with Gasteiger partial charge in [0.25, 0.3) is 17.8 Å². The number of aromatic nitrogens is 2. The molecule has 3 atom stereocenters. The number of aryl methyl sites for hydroxylation is 1. The monoisotopic (exact) mass is 444 g/mol. The van der Waals surface area contributed by atoms with Gasteiger partial charge >= 0.3 is 5.69 Å². The zero-order valence-corrected chi connectivity index (χ0v) is 18.2. The summed E-state index contributed by atoms with van der Waals surface area (Å²) in [6.07, 6.45) is 0. The Kier molecular flexibility index (Phi) is 8.65. The highest BCUT2D eigenvalue weighted by Crippen LogP contribution is 2.43. The van der Waals surface area contributed by atoms with E-state index in [2.05, 4.69) is 27.4 Å². The number of hydrogen-bond donors (Lipinski definition) is 4. The number of nitrogens with zero attached hydrogens (tertiary/aromatic N) is 2. The van der Waals surface area contributed by atoms with E-state index in [0.29, 0.717) is 24.1 Å². The molecule has 0 saturated carbocycles. The lowest BCUT2D eigenvalue weighted by molar-refractivity contribution is -0.135. The van der Waals surface area contributed by atoms with E-state index in [1.165, 1.54) is 0 Å². The number of aliphatic carboxylic acids is 2. The normalized spacial score (nSPS) is 20.8. The molecule has 3 heterocycles. The molecular weight excluding hydrogens is 416 g/mol. The lowest BCUT2D eigenvalue weighted by atomic mass is 9.89. The summed E-state index contributed by atoms with van der Waals surface area (Å²) in [5.74, 6) is -0.978. The Bertz CT molecular complexity index is 987. The highest BCUT2D eigenvalue weighted by Gasteiger charge is 2.47. The van der Waals surface area contributed by atoms with Gasteiger partial charge in [-0.3, -0.25) is 14.4 Å². The Morgan fingerprint density at radius 1 is 1.06 bits per heavy atom. The van der Waals surface area contributed by atoms with Gasteiger partial charge in [0.05, 0.1) is 6.04 Å². The number of nitrogens with one attached hydrogen (secondary N) is 2. The van der Waals surface area contributed by atoms with Gasteiger partial charge < -0.3 is 25.4 Å².